The van der Waals surface area contributed by atoms with Gasteiger partial charge in [-0.1, -0.05) is 6.07 Å². The fourth-order valence-corrected chi connectivity index (χ4v) is 4.37. The van der Waals surface area contributed by atoms with Crippen molar-refractivity contribution in [2.24, 2.45) is 7.05 Å². The molecule has 5 rings (SSSR count). The predicted octanol–water partition coefficient (Wildman–Crippen LogP) is 4.10. The van der Waals surface area contributed by atoms with Crippen LogP contribution in [-0.4, -0.2) is 37.1 Å². The van der Waals surface area contributed by atoms with Gasteiger partial charge in [0.25, 0.3) is 5.91 Å². The highest BCUT2D eigenvalue weighted by atomic mass is 16.2. The summed E-state index contributed by atoms with van der Waals surface area (Å²) in [5.74, 6) is 0.0307. The fraction of sp³-hybridized carbons (Fsp3) is 0.250. The van der Waals surface area contributed by atoms with Gasteiger partial charge in [-0.3, -0.25) is 19.4 Å². The SMILES string of the molecule is Cc1ccc(-c2c3c(nn2C)[C@H](C)N(C(=O)c2ccc4ncccc4c2)CC3)cn1. The Morgan fingerprint density at radius 2 is 2.00 bits per heavy atom. The van der Waals surface area contributed by atoms with E-state index < -0.39 is 0 Å². The Hall–Kier alpha value is -3.54. The van der Waals surface area contributed by atoms with Crippen molar-refractivity contribution in [3.8, 4) is 11.3 Å². The Kier molecular flexibility index (Phi) is 4.35. The molecule has 3 aromatic heterocycles. The molecule has 0 spiro atoms. The normalized spacial score (nSPS) is 16.0. The molecule has 6 nitrogen and oxygen atoms in total. The molecule has 1 aromatic carbocycles. The van der Waals surface area contributed by atoms with Gasteiger partial charge in [-0.25, -0.2) is 0 Å². The molecule has 1 aliphatic rings. The number of carbonyl (C=O) groups excluding carboxylic acids is 1. The largest absolute Gasteiger partial charge is 0.330 e. The van der Waals surface area contributed by atoms with Gasteiger partial charge in [-0.2, -0.15) is 5.10 Å². The molecule has 1 atom stereocenters. The second-order valence-electron chi connectivity index (χ2n) is 7.86. The van der Waals surface area contributed by atoms with E-state index in [2.05, 4.69) is 23.0 Å². The molecule has 4 aromatic rings. The van der Waals surface area contributed by atoms with Crippen LogP contribution in [0.5, 0.6) is 0 Å². The smallest absolute Gasteiger partial charge is 0.254 e. The third-order valence-corrected chi connectivity index (χ3v) is 5.94. The minimum absolute atomic E-state index is 0.0307. The van der Waals surface area contributed by atoms with Crippen molar-refractivity contribution in [2.45, 2.75) is 26.3 Å². The van der Waals surface area contributed by atoms with Gasteiger partial charge in [0.1, 0.15) is 0 Å². The number of nitrogens with zero attached hydrogens (tertiary/aromatic N) is 5. The first kappa shape index (κ1) is 18.5. The van der Waals surface area contributed by atoms with Crippen LogP contribution >= 0.6 is 0 Å². The van der Waals surface area contributed by atoms with E-state index >= 15 is 0 Å². The molecule has 150 valence electrons. The van der Waals surface area contributed by atoms with E-state index in [0.717, 1.165) is 40.0 Å². The van der Waals surface area contributed by atoms with Crippen molar-refractivity contribution in [2.75, 3.05) is 6.54 Å². The first-order valence-corrected chi connectivity index (χ1v) is 10.2. The summed E-state index contributed by atoms with van der Waals surface area (Å²) in [6, 6.07) is 13.6. The molecule has 4 heterocycles. The molecule has 0 bridgehead atoms. The first-order valence-electron chi connectivity index (χ1n) is 10.2. The summed E-state index contributed by atoms with van der Waals surface area (Å²) in [7, 11) is 1.96. The Morgan fingerprint density at radius 3 is 2.80 bits per heavy atom. The number of carbonyl (C=O) groups is 1. The monoisotopic (exact) mass is 397 g/mol. The molecule has 0 saturated heterocycles. The summed E-state index contributed by atoms with van der Waals surface area (Å²) in [6.45, 7) is 4.70. The standard InChI is InChI=1S/C24H23N5O/c1-15-6-7-19(14-26-15)23-20-10-12-29(16(2)22(20)27-28(23)3)24(30)18-8-9-21-17(13-18)5-4-11-25-21/h4-9,11,13-14,16H,10,12H2,1-3H3/t16-/m0/s1. The third kappa shape index (κ3) is 2.96. The number of fused-ring (bicyclic) bond motifs is 2. The third-order valence-electron chi connectivity index (χ3n) is 5.94. The van der Waals surface area contributed by atoms with Gasteiger partial charge in [0, 0.05) is 53.8 Å². The maximum absolute atomic E-state index is 13.3. The van der Waals surface area contributed by atoms with Gasteiger partial charge < -0.3 is 4.90 Å². The lowest BCUT2D eigenvalue weighted by Crippen LogP contribution is -2.38. The van der Waals surface area contributed by atoms with Crippen LogP contribution < -0.4 is 0 Å². The van der Waals surface area contributed by atoms with Gasteiger partial charge in [-0.05, 0) is 56.7 Å². The van der Waals surface area contributed by atoms with Crippen LogP contribution in [-0.2, 0) is 13.5 Å². The van der Waals surface area contributed by atoms with Crippen LogP contribution in [0.3, 0.4) is 0 Å². The average molecular weight is 397 g/mol. The lowest BCUT2D eigenvalue weighted by Gasteiger charge is -2.33. The lowest BCUT2D eigenvalue weighted by atomic mass is 9.95. The zero-order valence-corrected chi connectivity index (χ0v) is 17.3. The average Bonchev–Trinajstić information content (AvgIpc) is 3.11. The summed E-state index contributed by atoms with van der Waals surface area (Å²) < 4.78 is 1.92. The molecule has 6 heteroatoms. The van der Waals surface area contributed by atoms with Crippen LogP contribution in [0, 0.1) is 6.92 Å². The van der Waals surface area contributed by atoms with Crippen LogP contribution in [0.4, 0.5) is 0 Å². The van der Waals surface area contributed by atoms with Crippen molar-refractivity contribution in [3.63, 3.8) is 0 Å². The molecule has 0 radical (unpaired) electrons. The summed E-state index contributed by atoms with van der Waals surface area (Å²) in [4.78, 5) is 24.0. The van der Waals surface area contributed by atoms with E-state index in [1.807, 2.05) is 66.1 Å². The Labute approximate surface area is 175 Å². The lowest BCUT2D eigenvalue weighted by molar-refractivity contribution is 0.0674. The van der Waals surface area contributed by atoms with Gasteiger partial charge >= 0.3 is 0 Å². The van der Waals surface area contributed by atoms with Crippen LogP contribution in [0.1, 0.15) is 40.3 Å². The number of aryl methyl sites for hydroxylation is 2. The molecule has 0 N–H and O–H groups in total. The van der Waals surface area contributed by atoms with Gasteiger partial charge in [0.2, 0.25) is 0 Å². The van der Waals surface area contributed by atoms with Crippen LogP contribution in [0.25, 0.3) is 22.2 Å². The number of amides is 1. The predicted molar refractivity (Wildman–Crippen MR) is 116 cm³/mol. The van der Waals surface area contributed by atoms with E-state index in [-0.39, 0.29) is 11.9 Å². The number of aromatic nitrogens is 4. The highest BCUT2D eigenvalue weighted by Crippen LogP contribution is 2.36. The Morgan fingerprint density at radius 1 is 1.13 bits per heavy atom. The first-order chi connectivity index (χ1) is 14.5. The summed E-state index contributed by atoms with van der Waals surface area (Å²) in [5, 5.41) is 5.77. The molecular weight excluding hydrogens is 374 g/mol. The molecule has 1 aliphatic heterocycles. The Bertz CT molecular complexity index is 1260. The minimum Gasteiger partial charge on any atom is -0.330 e. The highest BCUT2D eigenvalue weighted by Gasteiger charge is 2.33. The van der Waals surface area contributed by atoms with Crippen LogP contribution in [0.15, 0.2) is 54.9 Å². The molecule has 0 saturated carbocycles. The summed E-state index contributed by atoms with van der Waals surface area (Å²) in [6.07, 6.45) is 4.44. The van der Waals surface area contributed by atoms with Crippen molar-refractivity contribution in [3.05, 3.63) is 77.4 Å². The van der Waals surface area contributed by atoms with Crippen molar-refractivity contribution in [1.82, 2.24) is 24.6 Å². The van der Waals surface area contributed by atoms with Gasteiger partial charge in [-0.15, -0.1) is 0 Å². The molecule has 0 fully saturated rings. The summed E-state index contributed by atoms with van der Waals surface area (Å²) in [5.41, 5.74) is 6.90. The van der Waals surface area contributed by atoms with Crippen molar-refractivity contribution in [1.29, 1.82) is 0 Å². The van der Waals surface area contributed by atoms with E-state index in [1.165, 1.54) is 5.56 Å². The minimum atomic E-state index is -0.0933. The Balaban J connectivity index is 1.49. The van der Waals surface area contributed by atoms with Gasteiger partial charge in [0.05, 0.1) is 22.9 Å². The second-order valence-corrected chi connectivity index (χ2v) is 7.86. The molecule has 0 aliphatic carbocycles. The quantitative estimate of drug-likeness (QED) is 0.511. The number of hydrogen-bond donors (Lipinski definition) is 0. The van der Waals surface area contributed by atoms with E-state index in [1.54, 1.807) is 6.20 Å². The molecule has 1 amide bonds. The van der Waals surface area contributed by atoms with E-state index in [9.17, 15) is 4.79 Å². The van der Waals surface area contributed by atoms with E-state index in [0.29, 0.717) is 12.1 Å². The van der Waals surface area contributed by atoms with Crippen molar-refractivity contribution < 1.29 is 4.79 Å². The number of benzene rings is 1. The maximum atomic E-state index is 13.3. The van der Waals surface area contributed by atoms with Gasteiger partial charge in [0.15, 0.2) is 0 Å². The fourth-order valence-electron chi connectivity index (χ4n) is 4.37. The zero-order valence-electron chi connectivity index (χ0n) is 17.3. The maximum Gasteiger partial charge on any atom is 0.254 e. The zero-order chi connectivity index (χ0) is 20.8. The number of hydrogen-bond acceptors (Lipinski definition) is 4. The molecular formula is C24H23N5O. The molecule has 30 heavy (non-hydrogen) atoms. The summed E-state index contributed by atoms with van der Waals surface area (Å²) >= 11 is 0. The number of rotatable bonds is 2. The van der Waals surface area contributed by atoms with E-state index in [4.69, 9.17) is 5.10 Å². The highest BCUT2D eigenvalue weighted by molar-refractivity contribution is 5.98. The topological polar surface area (TPSA) is 63.9 Å². The van der Waals surface area contributed by atoms with Crippen molar-refractivity contribution >= 4 is 16.8 Å². The number of pyridine rings is 2. The molecule has 0 unspecified atom stereocenters. The van der Waals surface area contributed by atoms with Crippen LogP contribution in [0.2, 0.25) is 0 Å². The second kappa shape index (κ2) is 7.06.